The number of aromatic nitrogens is 3. The molecule has 0 bridgehead atoms. The van der Waals surface area contributed by atoms with Gasteiger partial charge in [0.05, 0.1) is 11.4 Å². The summed E-state index contributed by atoms with van der Waals surface area (Å²) in [4.78, 5) is 22.8. The molecule has 160 valence electrons. The van der Waals surface area contributed by atoms with Gasteiger partial charge < -0.3 is 14.6 Å². The van der Waals surface area contributed by atoms with Gasteiger partial charge in [0, 0.05) is 48.1 Å². The van der Waals surface area contributed by atoms with E-state index < -0.39 is 0 Å². The predicted molar refractivity (Wildman–Crippen MR) is 124 cm³/mol. The van der Waals surface area contributed by atoms with Crippen molar-refractivity contribution in [2.45, 2.75) is 33.4 Å². The summed E-state index contributed by atoms with van der Waals surface area (Å²) >= 11 is 0. The topological polar surface area (TPSA) is 63.1 Å². The number of likely N-dealkylation sites (N-methyl/N-ethyl adjacent to an activating group) is 1. The number of ether oxygens (including phenoxy) is 1. The normalized spacial score (nSPS) is 13.4. The third kappa shape index (κ3) is 4.39. The molecular weight excluding hydrogens is 388 g/mol. The van der Waals surface area contributed by atoms with Gasteiger partial charge >= 0.3 is 0 Å². The van der Waals surface area contributed by atoms with Gasteiger partial charge in [0.2, 0.25) is 0 Å². The van der Waals surface area contributed by atoms with Crippen molar-refractivity contribution in [1.82, 2.24) is 19.4 Å². The predicted octanol–water partition coefficient (Wildman–Crippen LogP) is 4.31. The highest BCUT2D eigenvalue weighted by Gasteiger charge is 2.18. The Morgan fingerprint density at radius 3 is 2.77 bits per heavy atom. The SMILES string of the molecule is CC.CN1CCc2c([nH]c3cc(-n4ccc(OCc5ccccn5)cc4=O)ccc23)C1. The van der Waals surface area contributed by atoms with Crippen LogP contribution in [0.3, 0.4) is 0 Å². The summed E-state index contributed by atoms with van der Waals surface area (Å²) in [6.45, 7) is 6.33. The molecule has 1 N–H and O–H groups in total. The molecule has 6 heteroatoms. The number of aromatic amines is 1. The van der Waals surface area contributed by atoms with Crippen LogP contribution in [0.4, 0.5) is 0 Å². The van der Waals surface area contributed by atoms with Crippen LogP contribution >= 0.6 is 0 Å². The molecular formula is C25H28N4O2. The van der Waals surface area contributed by atoms with Crippen LogP contribution < -0.4 is 10.3 Å². The van der Waals surface area contributed by atoms with Gasteiger partial charge in [-0.3, -0.25) is 14.3 Å². The highest BCUT2D eigenvalue weighted by atomic mass is 16.5. The molecule has 0 radical (unpaired) electrons. The standard InChI is InChI=1S/C23H22N4O2.C2H6/c1-26-10-8-20-19-6-5-17(12-21(19)25-22(20)14-26)27-11-7-18(13-23(27)28)29-15-16-4-2-3-9-24-16;1-2/h2-7,9,11-13,25H,8,10,14-15H2,1H3;1-2H3. The Morgan fingerprint density at radius 1 is 1.13 bits per heavy atom. The summed E-state index contributed by atoms with van der Waals surface area (Å²) in [5, 5.41) is 1.25. The first-order valence-corrected chi connectivity index (χ1v) is 10.8. The van der Waals surface area contributed by atoms with E-state index in [1.54, 1.807) is 17.0 Å². The second kappa shape index (κ2) is 9.18. The van der Waals surface area contributed by atoms with Crippen LogP contribution in [0.5, 0.6) is 5.75 Å². The quantitative estimate of drug-likeness (QED) is 0.539. The molecule has 0 aliphatic carbocycles. The van der Waals surface area contributed by atoms with Crippen LogP contribution in [0.2, 0.25) is 0 Å². The molecule has 0 unspecified atom stereocenters. The largest absolute Gasteiger partial charge is 0.487 e. The summed E-state index contributed by atoms with van der Waals surface area (Å²) in [6.07, 6.45) is 4.53. The molecule has 0 amide bonds. The smallest absolute Gasteiger partial charge is 0.258 e. The van der Waals surface area contributed by atoms with Crippen molar-refractivity contribution in [1.29, 1.82) is 0 Å². The van der Waals surface area contributed by atoms with Crippen molar-refractivity contribution in [2.75, 3.05) is 13.6 Å². The first kappa shape index (κ1) is 20.9. The van der Waals surface area contributed by atoms with Crippen molar-refractivity contribution < 1.29 is 4.74 Å². The van der Waals surface area contributed by atoms with Gasteiger partial charge in [0.25, 0.3) is 5.56 Å². The van der Waals surface area contributed by atoms with Crippen LogP contribution in [-0.2, 0) is 19.6 Å². The van der Waals surface area contributed by atoms with Gasteiger partial charge in [-0.25, -0.2) is 0 Å². The fraction of sp³-hybridized carbons (Fsp3) is 0.280. The lowest BCUT2D eigenvalue weighted by atomic mass is 10.0. The number of fused-ring (bicyclic) bond motifs is 3. The number of nitrogens with one attached hydrogen (secondary N) is 1. The third-order valence-corrected chi connectivity index (χ3v) is 5.43. The van der Waals surface area contributed by atoms with Crippen molar-refractivity contribution >= 4 is 10.9 Å². The summed E-state index contributed by atoms with van der Waals surface area (Å²) < 4.78 is 7.35. The van der Waals surface area contributed by atoms with Gasteiger partial charge in [-0.2, -0.15) is 0 Å². The summed E-state index contributed by atoms with van der Waals surface area (Å²) in [6, 6.07) is 15.2. The van der Waals surface area contributed by atoms with E-state index in [-0.39, 0.29) is 5.56 Å². The van der Waals surface area contributed by atoms with Crippen molar-refractivity contribution in [2.24, 2.45) is 0 Å². The lowest BCUT2D eigenvalue weighted by molar-refractivity contribution is 0.300. The highest BCUT2D eigenvalue weighted by molar-refractivity contribution is 5.86. The first-order chi connectivity index (χ1) is 15.2. The van der Waals surface area contributed by atoms with Gasteiger partial charge in [-0.1, -0.05) is 26.0 Å². The molecule has 6 nitrogen and oxygen atoms in total. The fourth-order valence-electron chi connectivity index (χ4n) is 3.93. The molecule has 0 saturated heterocycles. The number of hydrogen-bond acceptors (Lipinski definition) is 4. The molecule has 4 aromatic rings. The molecule has 0 atom stereocenters. The van der Waals surface area contributed by atoms with E-state index in [4.69, 9.17) is 4.74 Å². The summed E-state index contributed by atoms with van der Waals surface area (Å²) in [5.74, 6) is 0.538. The number of benzene rings is 1. The lowest BCUT2D eigenvalue weighted by Crippen LogP contribution is -2.26. The van der Waals surface area contributed by atoms with E-state index in [9.17, 15) is 4.79 Å². The zero-order valence-electron chi connectivity index (χ0n) is 18.3. The van der Waals surface area contributed by atoms with E-state index in [2.05, 4.69) is 28.0 Å². The zero-order chi connectivity index (χ0) is 21.8. The minimum absolute atomic E-state index is 0.126. The highest BCUT2D eigenvalue weighted by Crippen LogP contribution is 2.28. The monoisotopic (exact) mass is 416 g/mol. The van der Waals surface area contributed by atoms with E-state index in [1.807, 2.05) is 50.2 Å². The fourth-order valence-corrected chi connectivity index (χ4v) is 3.93. The van der Waals surface area contributed by atoms with Gasteiger partial charge in [0.1, 0.15) is 12.4 Å². The molecule has 1 aliphatic rings. The van der Waals surface area contributed by atoms with Crippen LogP contribution in [0, 0.1) is 0 Å². The van der Waals surface area contributed by atoms with Gasteiger partial charge in [-0.15, -0.1) is 0 Å². The van der Waals surface area contributed by atoms with E-state index in [1.165, 1.54) is 22.7 Å². The average molecular weight is 417 g/mol. The number of nitrogens with zero attached hydrogens (tertiary/aromatic N) is 3. The lowest BCUT2D eigenvalue weighted by Gasteiger charge is -2.22. The van der Waals surface area contributed by atoms with Crippen LogP contribution in [-0.4, -0.2) is 33.0 Å². The molecule has 1 aromatic carbocycles. The van der Waals surface area contributed by atoms with Gasteiger partial charge in [0.15, 0.2) is 0 Å². The van der Waals surface area contributed by atoms with Crippen molar-refractivity contribution in [3.63, 3.8) is 0 Å². The second-order valence-electron chi connectivity index (χ2n) is 7.48. The molecule has 5 rings (SSSR count). The van der Waals surface area contributed by atoms with Crippen LogP contribution in [0.15, 0.2) is 65.7 Å². The number of hydrogen-bond donors (Lipinski definition) is 1. The Labute approximate surface area is 182 Å². The minimum atomic E-state index is -0.126. The maximum Gasteiger partial charge on any atom is 0.258 e. The zero-order valence-corrected chi connectivity index (χ0v) is 18.3. The second-order valence-corrected chi connectivity index (χ2v) is 7.48. The summed E-state index contributed by atoms with van der Waals surface area (Å²) in [5.41, 5.74) is 5.28. The number of rotatable bonds is 4. The molecule has 0 fully saturated rings. The maximum absolute atomic E-state index is 12.7. The van der Waals surface area contributed by atoms with Crippen LogP contribution in [0.25, 0.3) is 16.6 Å². The number of pyridine rings is 2. The minimum Gasteiger partial charge on any atom is -0.487 e. The van der Waals surface area contributed by atoms with E-state index in [0.29, 0.717) is 12.4 Å². The van der Waals surface area contributed by atoms with E-state index >= 15 is 0 Å². The maximum atomic E-state index is 12.7. The number of H-pyrrole nitrogens is 1. The Morgan fingerprint density at radius 2 is 2.00 bits per heavy atom. The Balaban J connectivity index is 0.00000112. The molecule has 0 spiro atoms. The van der Waals surface area contributed by atoms with E-state index in [0.717, 1.165) is 36.4 Å². The molecule has 1 aliphatic heterocycles. The summed E-state index contributed by atoms with van der Waals surface area (Å²) in [7, 11) is 2.14. The van der Waals surface area contributed by atoms with Crippen molar-refractivity contribution in [3.05, 3.63) is 88.2 Å². The average Bonchev–Trinajstić information content (AvgIpc) is 3.16. The molecule has 0 saturated carbocycles. The third-order valence-electron chi connectivity index (χ3n) is 5.43. The molecule has 4 heterocycles. The Hall–Kier alpha value is -3.38. The Bertz CT molecular complexity index is 1230. The Kier molecular flexibility index (Phi) is 6.18. The van der Waals surface area contributed by atoms with Crippen LogP contribution in [0.1, 0.15) is 30.8 Å². The van der Waals surface area contributed by atoms with Gasteiger partial charge in [-0.05, 0) is 49.4 Å². The molecule has 3 aromatic heterocycles. The molecule has 31 heavy (non-hydrogen) atoms. The first-order valence-electron chi connectivity index (χ1n) is 10.8. The van der Waals surface area contributed by atoms with Crippen molar-refractivity contribution in [3.8, 4) is 11.4 Å².